The number of amides is 1. The molecule has 0 aliphatic carbocycles. The Bertz CT molecular complexity index is 694. The zero-order chi connectivity index (χ0) is 15.4. The van der Waals surface area contributed by atoms with Crippen LogP contribution in [-0.4, -0.2) is 16.0 Å². The van der Waals surface area contributed by atoms with Gasteiger partial charge in [0, 0.05) is 14.8 Å². The van der Waals surface area contributed by atoms with E-state index in [2.05, 4.69) is 38.2 Å². The molecule has 0 unspecified atom stereocenters. The van der Waals surface area contributed by atoms with E-state index >= 15 is 0 Å². The van der Waals surface area contributed by atoms with Crippen molar-refractivity contribution in [2.45, 2.75) is 0 Å². The van der Waals surface area contributed by atoms with Gasteiger partial charge in [-0.3, -0.25) is 10.1 Å². The predicted molar refractivity (Wildman–Crippen MR) is 97.1 cm³/mol. The van der Waals surface area contributed by atoms with Crippen LogP contribution in [0.2, 0.25) is 10.0 Å². The minimum atomic E-state index is -0.439. The summed E-state index contributed by atoms with van der Waals surface area (Å²) in [6, 6.07) is 8.26. The first-order valence-electron chi connectivity index (χ1n) is 5.64. The number of nitrogens with zero attached hydrogens (tertiary/aromatic N) is 1. The molecule has 1 aromatic carbocycles. The van der Waals surface area contributed by atoms with E-state index in [1.54, 1.807) is 24.4 Å². The van der Waals surface area contributed by atoms with Gasteiger partial charge in [-0.05, 0) is 65.1 Å². The molecule has 0 saturated heterocycles. The molecular weight excluding hydrogens is 444 g/mol. The van der Waals surface area contributed by atoms with E-state index in [0.29, 0.717) is 15.9 Å². The number of nitrogens with one attached hydrogen (secondary N) is 2. The summed E-state index contributed by atoms with van der Waals surface area (Å²) >= 11 is 19.0. The molecule has 108 valence electrons. The molecule has 2 rings (SSSR count). The summed E-state index contributed by atoms with van der Waals surface area (Å²) in [5.41, 5.74) is 0.254. The predicted octanol–water partition coefficient (Wildman–Crippen LogP) is 4.12. The summed E-state index contributed by atoms with van der Waals surface area (Å²) in [5.74, 6) is 0.100. The number of hydrogen-bond donors (Lipinski definition) is 2. The van der Waals surface area contributed by atoms with Crippen molar-refractivity contribution in [1.29, 1.82) is 0 Å². The van der Waals surface area contributed by atoms with Crippen LogP contribution in [0.3, 0.4) is 0 Å². The van der Waals surface area contributed by atoms with Crippen molar-refractivity contribution in [2.75, 3.05) is 5.32 Å². The lowest BCUT2D eigenvalue weighted by Gasteiger charge is -2.10. The fraction of sp³-hybridized carbons (Fsp3) is 0. The van der Waals surface area contributed by atoms with Gasteiger partial charge in [0.2, 0.25) is 0 Å². The molecule has 8 heteroatoms. The van der Waals surface area contributed by atoms with Crippen molar-refractivity contribution in [3.05, 3.63) is 55.7 Å². The van der Waals surface area contributed by atoms with Crippen LogP contribution in [0.15, 0.2) is 36.5 Å². The Morgan fingerprint density at radius 2 is 2.00 bits per heavy atom. The highest BCUT2D eigenvalue weighted by Gasteiger charge is 2.12. The van der Waals surface area contributed by atoms with E-state index in [0.717, 1.165) is 3.57 Å². The average Bonchev–Trinajstić information content (AvgIpc) is 2.44. The van der Waals surface area contributed by atoms with Crippen LogP contribution in [-0.2, 0) is 0 Å². The molecule has 0 aliphatic rings. The second-order valence-corrected chi connectivity index (χ2v) is 6.39. The van der Waals surface area contributed by atoms with Crippen molar-refractivity contribution < 1.29 is 4.79 Å². The average molecular weight is 452 g/mol. The molecule has 2 N–H and O–H groups in total. The molecule has 2 aromatic rings. The van der Waals surface area contributed by atoms with Crippen molar-refractivity contribution in [3.8, 4) is 0 Å². The fourth-order valence-corrected chi connectivity index (χ4v) is 2.33. The molecule has 1 aromatic heterocycles. The van der Waals surface area contributed by atoms with Gasteiger partial charge in [0.25, 0.3) is 5.91 Å². The van der Waals surface area contributed by atoms with Crippen LogP contribution < -0.4 is 10.6 Å². The number of rotatable bonds is 2. The lowest BCUT2D eigenvalue weighted by atomic mass is 10.2. The summed E-state index contributed by atoms with van der Waals surface area (Å²) in [4.78, 5) is 16.2. The molecule has 21 heavy (non-hydrogen) atoms. The zero-order valence-corrected chi connectivity index (χ0v) is 14.8. The minimum absolute atomic E-state index is 0.129. The van der Waals surface area contributed by atoms with Crippen molar-refractivity contribution in [3.63, 3.8) is 0 Å². The normalized spacial score (nSPS) is 10.0. The number of carbonyl (C=O) groups is 1. The van der Waals surface area contributed by atoms with Gasteiger partial charge in [0.1, 0.15) is 5.82 Å². The molecule has 0 atom stereocenters. The van der Waals surface area contributed by atoms with Gasteiger partial charge in [-0.1, -0.05) is 23.2 Å². The highest BCUT2D eigenvalue weighted by molar-refractivity contribution is 14.1. The van der Waals surface area contributed by atoms with Crippen LogP contribution >= 0.6 is 58.0 Å². The maximum Gasteiger partial charge on any atom is 0.258 e. The van der Waals surface area contributed by atoms with E-state index in [1.165, 1.54) is 6.07 Å². The number of hydrogen-bond acceptors (Lipinski definition) is 3. The van der Waals surface area contributed by atoms with E-state index < -0.39 is 5.91 Å². The molecule has 0 aliphatic heterocycles. The van der Waals surface area contributed by atoms with Gasteiger partial charge >= 0.3 is 0 Å². The summed E-state index contributed by atoms with van der Waals surface area (Å²) in [5, 5.41) is 6.18. The van der Waals surface area contributed by atoms with E-state index in [-0.39, 0.29) is 10.7 Å². The van der Waals surface area contributed by atoms with Crippen molar-refractivity contribution in [1.82, 2.24) is 10.3 Å². The smallest absolute Gasteiger partial charge is 0.258 e. The Labute approximate surface area is 150 Å². The molecule has 1 amide bonds. The second-order valence-electron chi connectivity index (χ2n) is 3.89. The highest BCUT2D eigenvalue weighted by atomic mass is 127. The lowest BCUT2D eigenvalue weighted by Crippen LogP contribution is -2.34. The first-order chi connectivity index (χ1) is 9.95. The van der Waals surface area contributed by atoms with Gasteiger partial charge in [-0.15, -0.1) is 0 Å². The van der Waals surface area contributed by atoms with E-state index in [1.807, 2.05) is 6.07 Å². The molecule has 0 saturated carbocycles. The molecule has 0 bridgehead atoms. The number of halogens is 3. The molecular formula is C13H8Cl2IN3OS. The third-order valence-electron chi connectivity index (χ3n) is 2.37. The van der Waals surface area contributed by atoms with Crippen LogP contribution in [0, 0.1) is 3.57 Å². The Hall–Kier alpha value is -0.960. The SMILES string of the molecule is O=C(NC(=S)Nc1ccc(I)cn1)c1cc(Cl)ccc1Cl. The van der Waals surface area contributed by atoms with Crippen molar-refractivity contribution >= 4 is 74.8 Å². The number of thiocarbonyl (C=S) groups is 1. The summed E-state index contributed by atoms with van der Waals surface area (Å²) < 4.78 is 0.999. The van der Waals surface area contributed by atoms with Crippen LogP contribution in [0.25, 0.3) is 0 Å². The maximum atomic E-state index is 12.1. The van der Waals surface area contributed by atoms with Gasteiger partial charge in [0.15, 0.2) is 5.11 Å². The standard InChI is InChI=1S/C13H8Cl2IN3OS/c14-7-1-3-10(15)9(5-7)12(20)19-13(21)18-11-4-2-8(16)6-17-11/h1-6H,(H2,17,18,19,20,21). The Morgan fingerprint density at radius 3 is 2.67 bits per heavy atom. The van der Waals surface area contributed by atoms with Gasteiger partial charge in [-0.25, -0.2) is 4.98 Å². The second kappa shape index (κ2) is 7.35. The Balaban J connectivity index is 2.03. The van der Waals surface area contributed by atoms with E-state index in [4.69, 9.17) is 35.4 Å². The monoisotopic (exact) mass is 451 g/mol. The molecule has 4 nitrogen and oxygen atoms in total. The number of anilines is 1. The van der Waals surface area contributed by atoms with Crippen molar-refractivity contribution in [2.24, 2.45) is 0 Å². The fourth-order valence-electron chi connectivity index (χ4n) is 1.44. The van der Waals surface area contributed by atoms with Crippen LogP contribution in [0.5, 0.6) is 0 Å². The molecule has 0 spiro atoms. The third-order valence-corrected chi connectivity index (χ3v) is 3.78. The maximum absolute atomic E-state index is 12.1. The molecule has 0 radical (unpaired) electrons. The summed E-state index contributed by atoms with van der Waals surface area (Å²) in [6.07, 6.45) is 1.68. The Kier molecular flexibility index (Phi) is 5.74. The van der Waals surface area contributed by atoms with Crippen LogP contribution in [0.1, 0.15) is 10.4 Å². The largest absolute Gasteiger partial charge is 0.317 e. The quantitative estimate of drug-likeness (QED) is 0.532. The number of benzene rings is 1. The third kappa shape index (κ3) is 4.77. The highest BCUT2D eigenvalue weighted by Crippen LogP contribution is 2.20. The summed E-state index contributed by atoms with van der Waals surface area (Å²) in [6.45, 7) is 0. The van der Waals surface area contributed by atoms with E-state index in [9.17, 15) is 4.79 Å². The first kappa shape index (κ1) is 16.4. The zero-order valence-electron chi connectivity index (χ0n) is 10.4. The number of carbonyl (C=O) groups excluding carboxylic acids is 1. The van der Waals surface area contributed by atoms with Gasteiger partial charge < -0.3 is 5.32 Å². The lowest BCUT2D eigenvalue weighted by molar-refractivity contribution is 0.0978. The minimum Gasteiger partial charge on any atom is -0.317 e. The Morgan fingerprint density at radius 1 is 1.24 bits per heavy atom. The first-order valence-corrected chi connectivity index (χ1v) is 7.89. The number of aromatic nitrogens is 1. The van der Waals surface area contributed by atoms with Crippen LogP contribution in [0.4, 0.5) is 5.82 Å². The topological polar surface area (TPSA) is 54.0 Å². The summed E-state index contributed by atoms with van der Waals surface area (Å²) in [7, 11) is 0. The van der Waals surface area contributed by atoms with Gasteiger partial charge in [0.05, 0.1) is 10.6 Å². The number of pyridine rings is 1. The van der Waals surface area contributed by atoms with Gasteiger partial charge in [-0.2, -0.15) is 0 Å². The molecule has 0 fully saturated rings. The molecule has 1 heterocycles.